The van der Waals surface area contributed by atoms with Gasteiger partial charge in [-0.2, -0.15) is 0 Å². The lowest BCUT2D eigenvalue weighted by Crippen LogP contribution is -2.13. The van der Waals surface area contributed by atoms with Crippen LogP contribution in [0.15, 0.2) is 0 Å². The van der Waals surface area contributed by atoms with Gasteiger partial charge in [0.2, 0.25) is 0 Å². The number of esters is 1. The highest BCUT2D eigenvalue weighted by molar-refractivity contribution is 5.78. The van der Waals surface area contributed by atoms with Crippen molar-refractivity contribution in [3.05, 3.63) is 0 Å². The first-order valence-electron chi connectivity index (χ1n) is 6.46. The van der Waals surface area contributed by atoms with Crippen LogP contribution in [0.1, 0.15) is 33.6 Å². The summed E-state index contributed by atoms with van der Waals surface area (Å²) < 4.78 is 4.15. The monoisotopic (exact) mass is 311 g/mol. The number of ether oxygens (including phenoxy) is 1. The van der Waals surface area contributed by atoms with Gasteiger partial charge in [0.05, 0.1) is 12.8 Å². The molecule has 0 spiro atoms. The highest BCUT2D eigenvalue weighted by atomic mass is 16.5. The fourth-order valence-electron chi connectivity index (χ4n) is 0.423. The van der Waals surface area contributed by atoms with Gasteiger partial charge in [0.25, 0.3) is 0 Å². The number of rotatable bonds is 5. The van der Waals surface area contributed by atoms with E-state index in [4.69, 9.17) is 27.4 Å². The van der Waals surface area contributed by atoms with Crippen molar-refractivity contribution >= 4 is 17.9 Å². The summed E-state index contributed by atoms with van der Waals surface area (Å²) in [6, 6.07) is 0. The summed E-state index contributed by atoms with van der Waals surface area (Å²) in [6.45, 7) is 7.23. The molecule has 9 nitrogen and oxygen atoms in total. The van der Waals surface area contributed by atoms with E-state index in [1.165, 1.54) is 0 Å². The van der Waals surface area contributed by atoms with Crippen molar-refractivity contribution in [2.45, 2.75) is 33.6 Å². The SMILES string of the molecule is CCN.CCN.CCN.O=C(O)CCC(=O)OCC(=O)O. The summed E-state index contributed by atoms with van der Waals surface area (Å²) in [6.07, 6.45) is -0.652. The molecule has 0 aromatic heterocycles. The number of nitrogens with two attached hydrogens (primary N) is 3. The van der Waals surface area contributed by atoms with Crippen LogP contribution in [-0.2, 0) is 19.1 Å². The largest absolute Gasteiger partial charge is 0.481 e. The Kier molecular flexibility index (Phi) is 35.2. The Morgan fingerprint density at radius 2 is 1.14 bits per heavy atom. The van der Waals surface area contributed by atoms with Gasteiger partial charge in [0, 0.05) is 0 Å². The van der Waals surface area contributed by atoms with Crippen molar-refractivity contribution in [3.8, 4) is 0 Å². The van der Waals surface area contributed by atoms with Crippen LogP contribution >= 0.6 is 0 Å². The Morgan fingerprint density at radius 3 is 1.38 bits per heavy atom. The second-order valence-electron chi connectivity index (χ2n) is 3.17. The zero-order chi connectivity index (χ0) is 17.7. The van der Waals surface area contributed by atoms with Gasteiger partial charge >= 0.3 is 17.9 Å². The van der Waals surface area contributed by atoms with E-state index in [2.05, 4.69) is 4.74 Å². The summed E-state index contributed by atoms with van der Waals surface area (Å²) in [7, 11) is 0. The van der Waals surface area contributed by atoms with Gasteiger partial charge in [-0.25, -0.2) is 4.79 Å². The van der Waals surface area contributed by atoms with Crippen LogP contribution in [0.5, 0.6) is 0 Å². The maximum Gasteiger partial charge on any atom is 0.341 e. The van der Waals surface area contributed by atoms with Crippen molar-refractivity contribution in [1.82, 2.24) is 0 Å². The summed E-state index contributed by atoms with van der Waals surface area (Å²) in [4.78, 5) is 30.3. The molecular formula is C12H29N3O6. The molecule has 21 heavy (non-hydrogen) atoms. The van der Waals surface area contributed by atoms with E-state index in [1.54, 1.807) is 0 Å². The average Bonchev–Trinajstić information content (AvgIpc) is 2.36. The predicted octanol–water partition coefficient (Wildman–Crippen LogP) is -0.626. The van der Waals surface area contributed by atoms with Gasteiger partial charge in [-0.1, -0.05) is 20.8 Å². The fourth-order valence-corrected chi connectivity index (χ4v) is 0.423. The van der Waals surface area contributed by atoms with Crippen LogP contribution in [-0.4, -0.2) is 54.4 Å². The van der Waals surface area contributed by atoms with Crippen molar-refractivity contribution in [1.29, 1.82) is 0 Å². The zero-order valence-electron chi connectivity index (χ0n) is 13.0. The number of hydrogen-bond donors (Lipinski definition) is 5. The number of aliphatic carboxylic acids is 2. The Bertz CT molecular complexity index is 224. The normalized spacial score (nSPS) is 7.71. The van der Waals surface area contributed by atoms with Gasteiger partial charge in [0.1, 0.15) is 0 Å². The summed E-state index contributed by atoms with van der Waals surface area (Å²) in [5.74, 6) is -3.21. The van der Waals surface area contributed by atoms with Crippen molar-refractivity contribution in [2.24, 2.45) is 17.2 Å². The van der Waals surface area contributed by atoms with Gasteiger partial charge in [-0.15, -0.1) is 0 Å². The van der Waals surface area contributed by atoms with Crippen LogP contribution in [0.3, 0.4) is 0 Å². The third-order valence-corrected chi connectivity index (χ3v) is 0.900. The smallest absolute Gasteiger partial charge is 0.341 e. The summed E-state index contributed by atoms with van der Waals surface area (Å²) in [5.41, 5.74) is 14.5. The number of carbonyl (C=O) groups is 3. The van der Waals surface area contributed by atoms with E-state index in [9.17, 15) is 14.4 Å². The number of carboxylic acid groups (broad SMARTS) is 2. The molecule has 0 saturated heterocycles. The lowest BCUT2D eigenvalue weighted by molar-refractivity contribution is -0.156. The Balaban J connectivity index is -0.000000132. The molecule has 0 aromatic rings. The Labute approximate surface area is 125 Å². The molecular weight excluding hydrogens is 282 g/mol. The van der Waals surface area contributed by atoms with Crippen LogP contribution in [0.2, 0.25) is 0 Å². The predicted molar refractivity (Wildman–Crippen MR) is 79.6 cm³/mol. The van der Waals surface area contributed by atoms with Gasteiger partial charge < -0.3 is 32.2 Å². The van der Waals surface area contributed by atoms with E-state index in [0.717, 1.165) is 19.6 Å². The third-order valence-electron chi connectivity index (χ3n) is 0.900. The molecule has 0 saturated carbocycles. The zero-order valence-corrected chi connectivity index (χ0v) is 13.0. The number of carboxylic acids is 2. The molecule has 0 aliphatic rings. The molecule has 0 heterocycles. The molecule has 0 fully saturated rings. The Morgan fingerprint density at radius 1 is 0.810 bits per heavy atom. The lowest BCUT2D eigenvalue weighted by Gasteiger charge is -1.98. The van der Waals surface area contributed by atoms with Crippen LogP contribution in [0.25, 0.3) is 0 Å². The van der Waals surface area contributed by atoms with Crippen LogP contribution < -0.4 is 17.2 Å². The maximum absolute atomic E-state index is 10.5. The van der Waals surface area contributed by atoms with E-state index in [0.29, 0.717) is 0 Å². The topological polar surface area (TPSA) is 179 Å². The third kappa shape index (κ3) is 70.6. The standard InChI is InChI=1S/C6H8O6.3C2H7N/c7-4(8)1-2-6(11)12-3-5(9)10;3*1-2-3/h1-3H2,(H,7,8)(H,9,10);3*2-3H2,1H3. The van der Waals surface area contributed by atoms with E-state index in [1.807, 2.05) is 20.8 Å². The second kappa shape index (κ2) is 26.8. The molecule has 0 bridgehead atoms. The first-order chi connectivity index (χ1) is 9.76. The molecule has 0 radical (unpaired) electrons. The highest BCUT2D eigenvalue weighted by Gasteiger charge is 2.07. The molecule has 0 atom stereocenters. The van der Waals surface area contributed by atoms with Crippen molar-refractivity contribution < 1.29 is 29.3 Å². The molecule has 0 unspecified atom stereocenters. The quantitative estimate of drug-likeness (QED) is 0.413. The summed E-state index contributed by atoms with van der Waals surface area (Å²) >= 11 is 0. The van der Waals surface area contributed by atoms with Crippen molar-refractivity contribution in [2.75, 3.05) is 26.2 Å². The molecule has 128 valence electrons. The molecule has 0 aliphatic heterocycles. The molecule has 9 heteroatoms. The minimum atomic E-state index is -1.27. The number of carbonyl (C=O) groups excluding carboxylic acids is 1. The number of hydrogen-bond acceptors (Lipinski definition) is 7. The molecule has 0 rings (SSSR count). The van der Waals surface area contributed by atoms with Crippen molar-refractivity contribution in [3.63, 3.8) is 0 Å². The second-order valence-corrected chi connectivity index (χ2v) is 3.17. The fraction of sp³-hybridized carbons (Fsp3) is 0.750. The lowest BCUT2D eigenvalue weighted by atomic mass is 10.3. The maximum atomic E-state index is 10.5. The first-order valence-corrected chi connectivity index (χ1v) is 6.46. The highest BCUT2D eigenvalue weighted by Crippen LogP contribution is 1.92. The molecule has 0 aliphatic carbocycles. The molecule has 0 amide bonds. The summed E-state index contributed by atoms with van der Waals surface area (Å²) in [5, 5.41) is 16.2. The van der Waals surface area contributed by atoms with E-state index in [-0.39, 0.29) is 12.8 Å². The molecule has 8 N–H and O–H groups in total. The Hall–Kier alpha value is -1.71. The minimum absolute atomic E-state index is 0.303. The van der Waals surface area contributed by atoms with Crippen LogP contribution in [0.4, 0.5) is 0 Å². The first kappa shape index (κ1) is 27.6. The minimum Gasteiger partial charge on any atom is -0.481 e. The molecule has 0 aromatic carbocycles. The van der Waals surface area contributed by atoms with E-state index >= 15 is 0 Å². The van der Waals surface area contributed by atoms with Gasteiger partial charge in [-0.3, -0.25) is 9.59 Å². The van der Waals surface area contributed by atoms with Crippen LogP contribution in [0, 0.1) is 0 Å². The average molecular weight is 311 g/mol. The van der Waals surface area contributed by atoms with Gasteiger partial charge in [-0.05, 0) is 19.6 Å². The van der Waals surface area contributed by atoms with E-state index < -0.39 is 24.5 Å². The van der Waals surface area contributed by atoms with Gasteiger partial charge in [0.15, 0.2) is 6.61 Å².